The van der Waals surface area contributed by atoms with Crippen molar-refractivity contribution in [3.8, 4) is 5.75 Å². The Balaban J connectivity index is 1.48. The lowest BCUT2D eigenvalue weighted by molar-refractivity contribution is -0.218. The number of aryl methyl sites for hydroxylation is 1. The lowest BCUT2D eigenvalue weighted by Crippen LogP contribution is -2.76. The molecule has 2 amide bonds. The van der Waals surface area contributed by atoms with Crippen molar-refractivity contribution in [2.24, 2.45) is 5.16 Å². The first kappa shape index (κ1) is 27.4. The number of fused-ring (bicyclic) bond motifs is 1. The average Bonchev–Trinajstić information content (AvgIpc) is 3.30. The fourth-order valence-corrected chi connectivity index (χ4v) is 5.08. The van der Waals surface area contributed by atoms with E-state index >= 15 is 0 Å². The number of anilines is 1. The fraction of sp³-hybridized carbons (Fsp3) is 0.409. The molecule has 0 bridgehead atoms. The van der Waals surface area contributed by atoms with Gasteiger partial charge in [0.05, 0.1) is 5.54 Å². The van der Waals surface area contributed by atoms with Crippen molar-refractivity contribution in [2.45, 2.75) is 57.4 Å². The van der Waals surface area contributed by atoms with Gasteiger partial charge in [0.1, 0.15) is 23.6 Å². The molecule has 2 aromatic rings. The van der Waals surface area contributed by atoms with Gasteiger partial charge in [-0.2, -0.15) is 13.5 Å². The van der Waals surface area contributed by atoms with E-state index in [1.807, 2.05) is 6.07 Å². The van der Waals surface area contributed by atoms with Gasteiger partial charge in [-0.25, -0.2) is 4.98 Å². The standard InChI is InChI=1S/C22H26N6O8S2/c1-11(15-7-5-13-8-12(9-23)4-6-16(13)34-15)35-27-17(14-10-37-21(24)25-14)19(29)26-18-20(30)28(22(18,2)3)36-38(31,32)33/h4,6,8-11,15,18,23H,5,7H2,1-3H3,(H2,24,25)(H,26,29)(H,31,32,33)/b23-9?,27-17-. The number of thiazole rings is 1. The monoisotopic (exact) mass is 566 g/mol. The van der Waals surface area contributed by atoms with Gasteiger partial charge in [0, 0.05) is 11.6 Å². The number of aromatic nitrogens is 1. The van der Waals surface area contributed by atoms with E-state index in [0.29, 0.717) is 23.7 Å². The van der Waals surface area contributed by atoms with Gasteiger partial charge in [-0.15, -0.1) is 15.6 Å². The summed E-state index contributed by atoms with van der Waals surface area (Å²) < 4.78 is 41.3. The Morgan fingerprint density at radius 1 is 1.47 bits per heavy atom. The lowest BCUT2D eigenvalue weighted by Gasteiger charge is -2.50. The highest BCUT2D eigenvalue weighted by atomic mass is 32.3. The molecule has 0 radical (unpaired) electrons. The van der Waals surface area contributed by atoms with Crippen molar-refractivity contribution in [1.82, 2.24) is 15.4 Å². The molecule has 1 saturated heterocycles. The predicted octanol–water partition coefficient (Wildman–Crippen LogP) is 1.07. The summed E-state index contributed by atoms with van der Waals surface area (Å²) in [7, 11) is -4.94. The van der Waals surface area contributed by atoms with E-state index in [1.54, 1.807) is 19.1 Å². The summed E-state index contributed by atoms with van der Waals surface area (Å²) in [5.74, 6) is -1.04. The van der Waals surface area contributed by atoms with Crippen molar-refractivity contribution < 1.29 is 36.4 Å². The number of carbonyl (C=O) groups is 2. The van der Waals surface area contributed by atoms with Crippen molar-refractivity contribution in [1.29, 1.82) is 5.41 Å². The van der Waals surface area contributed by atoms with E-state index in [2.05, 4.69) is 19.7 Å². The molecule has 3 unspecified atom stereocenters. The first-order chi connectivity index (χ1) is 17.8. The molecule has 0 spiro atoms. The topological polar surface area (TPSA) is 207 Å². The van der Waals surface area contributed by atoms with Gasteiger partial charge in [-0.1, -0.05) is 5.16 Å². The van der Waals surface area contributed by atoms with Gasteiger partial charge in [0.15, 0.2) is 16.9 Å². The first-order valence-corrected chi connectivity index (χ1v) is 13.6. The third-order valence-corrected chi connectivity index (χ3v) is 7.17. The number of nitrogen functional groups attached to an aromatic ring is 1. The fourth-order valence-electron chi connectivity index (χ4n) is 4.07. The number of benzene rings is 1. The highest BCUT2D eigenvalue weighted by Gasteiger charge is 2.58. The Bertz CT molecular complexity index is 1410. The quantitative estimate of drug-likeness (QED) is 0.147. The molecule has 3 atom stereocenters. The van der Waals surface area contributed by atoms with Gasteiger partial charge in [-0.05, 0) is 62.9 Å². The molecule has 16 heteroatoms. The SMILES string of the molecule is CC(O/N=C(\C(=O)NC1C(=O)N(OS(=O)(=O)O)C1(C)C)c1csc(N)n1)C1CCc2cc(C=N)ccc2O1. The first-order valence-electron chi connectivity index (χ1n) is 11.4. The van der Waals surface area contributed by atoms with Crippen molar-refractivity contribution in [3.05, 3.63) is 40.4 Å². The van der Waals surface area contributed by atoms with Crippen LogP contribution in [0.3, 0.4) is 0 Å². The van der Waals surface area contributed by atoms with Crippen LogP contribution in [-0.2, 0) is 35.5 Å². The van der Waals surface area contributed by atoms with E-state index in [0.717, 1.165) is 22.5 Å². The Kier molecular flexibility index (Phi) is 7.42. The molecule has 14 nitrogen and oxygen atoms in total. The van der Waals surface area contributed by atoms with Crippen LogP contribution in [0.15, 0.2) is 28.7 Å². The maximum absolute atomic E-state index is 13.2. The summed E-state index contributed by atoms with van der Waals surface area (Å²) in [5, 5.41) is 16.0. The Labute approximate surface area is 222 Å². The van der Waals surface area contributed by atoms with Crippen LogP contribution in [0.1, 0.15) is 44.0 Å². The molecule has 204 valence electrons. The number of oxime groups is 1. The van der Waals surface area contributed by atoms with E-state index in [-0.39, 0.29) is 22.6 Å². The molecule has 38 heavy (non-hydrogen) atoms. The summed E-state index contributed by atoms with van der Waals surface area (Å²) >= 11 is 1.07. The van der Waals surface area contributed by atoms with Crippen LogP contribution in [0, 0.1) is 5.41 Å². The highest BCUT2D eigenvalue weighted by molar-refractivity contribution is 7.80. The van der Waals surface area contributed by atoms with Crippen LogP contribution in [0.4, 0.5) is 5.13 Å². The second-order valence-corrected chi connectivity index (χ2v) is 11.1. The number of carbonyl (C=O) groups excluding carboxylic acids is 2. The van der Waals surface area contributed by atoms with E-state index in [9.17, 15) is 18.0 Å². The normalized spacial score (nSPS) is 21.5. The largest absolute Gasteiger partial charge is 0.486 e. The van der Waals surface area contributed by atoms with Crippen molar-refractivity contribution >= 4 is 50.6 Å². The summed E-state index contributed by atoms with van der Waals surface area (Å²) in [6, 6.07) is 4.27. The van der Waals surface area contributed by atoms with Gasteiger partial charge in [-0.3, -0.25) is 14.1 Å². The molecular formula is C22H26N6O8S2. The van der Waals surface area contributed by atoms with E-state index < -0.39 is 39.9 Å². The molecule has 5 N–H and O–H groups in total. The van der Waals surface area contributed by atoms with Crippen LogP contribution in [0.5, 0.6) is 5.75 Å². The third kappa shape index (κ3) is 5.62. The minimum atomic E-state index is -4.94. The number of nitrogens with one attached hydrogen (secondary N) is 2. The van der Waals surface area contributed by atoms with Gasteiger partial charge >= 0.3 is 10.4 Å². The van der Waals surface area contributed by atoms with E-state index in [1.165, 1.54) is 25.4 Å². The molecule has 4 rings (SSSR count). The highest BCUT2D eigenvalue weighted by Crippen LogP contribution is 2.33. The average molecular weight is 567 g/mol. The number of rotatable bonds is 9. The number of amides is 2. The second kappa shape index (κ2) is 10.3. The van der Waals surface area contributed by atoms with Crippen molar-refractivity contribution in [2.75, 3.05) is 5.73 Å². The number of nitrogens with two attached hydrogens (primary N) is 1. The van der Waals surface area contributed by atoms with Crippen LogP contribution >= 0.6 is 11.3 Å². The zero-order valence-electron chi connectivity index (χ0n) is 20.6. The summed E-state index contributed by atoms with van der Waals surface area (Å²) in [5.41, 5.74) is 6.02. The lowest BCUT2D eigenvalue weighted by atomic mass is 9.84. The predicted molar refractivity (Wildman–Crippen MR) is 136 cm³/mol. The molecule has 3 heterocycles. The van der Waals surface area contributed by atoms with Crippen LogP contribution < -0.4 is 15.8 Å². The number of hydroxylamine groups is 2. The van der Waals surface area contributed by atoms with Gasteiger partial charge < -0.3 is 26.0 Å². The smallest absolute Gasteiger partial charge is 0.418 e. The van der Waals surface area contributed by atoms with Crippen molar-refractivity contribution in [3.63, 3.8) is 0 Å². The molecule has 1 aromatic carbocycles. The third-order valence-electron chi connectivity index (χ3n) is 6.16. The maximum atomic E-state index is 13.2. The maximum Gasteiger partial charge on any atom is 0.418 e. The van der Waals surface area contributed by atoms with Gasteiger partial charge in [0.2, 0.25) is 0 Å². The number of hydrogen-bond donors (Lipinski definition) is 4. The minimum Gasteiger partial charge on any atom is -0.486 e. The van der Waals surface area contributed by atoms with Crippen LogP contribution in [0.2, 0.25) is 0 Å². The number of nitrogens with zero attached hydrogens (tertiary/aromatic N) is 3. The van der Waals surface area contributed by atoms with E-state index in [4.69, 9.17) is 25.3 Å². The Morgan fingerprint density at radius 3 is 2.82 bits per heavy atom. The number of hydrogen-bond acceptors (Lipinski definition) is 12. The summed E-state index contributed by atoms with van der Waals surface area (Å²) in [4.78, 5) is 35.3. The van der Waals surface area contributed by atoms with Gasteiger partial charge in [0.25, 0.3) is 11.8 Å². The molecule has 0 saturated carbocycles. The molecule has 2 aliphatic rings. The number of ether oxygens (including phenoxy) is 1. The molecule has 2 aliphatic heterocycles. The zero-order chi connectivity index (χ0) is 27.8. The Morgan fingerprint density at radius 2 is 2.21 bits per heavy atom. The molecule has 0 aliphatic carbocycles. The molecule has 1 fully saturated rings. The molecular weight excluding hydrogens is 540 g/mol. The van der Waals surface area contributed by atoms with Crippen LogP contribution in [0.25, 0.3) is 0 Å². The zero-order valence-corrected chi connectivity index (χ0v) is 22.2. The number of β-lactam (4-membered cyclic amide) rings is 1. The Hall–Kier alpha value is -3.60. The van der Waals surface area contributed by atoms with Crippen LogP contribution in [-0.4, -0.2) is 70.5 Å². The summed E-state index contributed by atoms with van der Waals surface area (Å²) in [6.07, 6.45) is 1.63. The minimum absolute atomic E-state index is 0.113. The molecule has 1 aromatic heterocycles. The summed E-state index contributed by atoms with van der Waals surface area (Å²) in [6.45, 7) is 4.60. The second-order valence-electron chi connectivity index (χ2n) is 9.22.